The van der Waals surface area contributed by atoms with Gasteiger partial charge in [-0.05, 0) is 66.8 Å². The number of fused-ring (bicyclic) bond motifs is 1. The van der Waals surface area contributed by atoms with Crippen molar-refractivity contribution in [2.24, 2.45) is 11.1 Å². The highest BCUT2D eigenvalue weighted by atomic mass is 32.2. The number of carbonyl (C=O) groups excluding carboxylic acids is 2. The molecule has 9 nitrogen and oxygen atoms in total. The van der Waals surface area contributed by atoms with Gasteiger partial charge in [-0.25, -0.2) is 8.42 Å². The summed E-state index contributed by atoms with van der Waals surface area (Å²) >= 11 is 0. The quantitative estimate of drug-likeness (QED) is 0.166. The van der Waals surface area contributed by atoms with Gasteiger partial charge in [-0.3, -0.25) is 14.3 Å². The summed E-state index contributed by atoms with van der Waals surface area (Å²) < 4.78 is 28.7. The average Bonchev–Trinajstić information content (AvgIpc) is 3.34. The van der Waals surface area contributed by atoms with Crippen LogP contribution in [0.4, 0.5) is 11.4 Å². The number of benzene rings is 2. The number of likely N-dealkylation sites (N-methyl/N-ethyl adjacent to an activating group) is 1. The highest BCUT2D eigenvalue weighted by Gasteiger charge is 2.43. The summed E-state index contributed by atoms with van der Waals surface area (Å²) in [6.07, 6.45) is 9.99. The van der Waals surface area contributed by atoms with Gasteiger partial charge < -0.3 is 9.80 Å². The minimum atomic E-state index is -3.84. The molecule has 3 rings (SSSR count). The van der Waals surface area contributed by atoms with Crippen LogP contribution in [-0.2, 0) is 14.8 Å². The smallest absolute Gasteiger partial charge is 0.316 e. The maximum atomic E-state index is 13.1. The highest BCUT2D eigenvalue weighted by Crippen LogP contribution is 2.54. The number of carbonyl (C=O) groups is 2. The summed E-state index contributed by atoms with van der Waals surface area (Å²) in [5.74, 6) is -0.703. The summed E-state index contributed by atoms with van der Waals surface area (Å²) in [7, 11) is -0.447. The molecule has 0 radical (unpaired) electrons. The maximum absolute atomic E-state index is 13.1. The molecule has 3 atom stereocenters. The molecule has 0 spiro atoms. The van der Waals surface area contributed by atoms with Crippen LogP contribution in [0.3, 0.4) is 0 Å². The first-order valence-electron chi connectivity index (χ1n) is 15.6. The average molecular weight is 637 g/mol. The van der Waals surface area contributed by atoms with E-state index in [0.29, 0.717) is 5.69 Å². The molecule has 0 aromatic heterocycles. The van der Waals surface area contributed by atoms with Gasteiger partial charge in [0.1, 0.15) is 0 Å². The lowest BCUT2D eigenvalue weighted by atomic mass is 9.76. The van der Waals surface area contributed by atoms with Crippen molar-refractivity contribution >= 4 is 33.2 Å². The number of nitrogens with one attached hydrogen (secondary N) is 1. The molecule has 1 aliphatic rings. The zero-order valence-corrected chi connectivity index (χ0v) is 28.4. The third-order valence-electron chi connectivity index (χ3n) is 7.90. The van der Waals surface area contributed by atoms with Gasteiger partial charge in [0.15, 0.2) is 0 Å². The molecule has 244 valence electrons. The predicted octanol–water partition coefficient (Wildman–Crippen LogP) is 7.96. The van der Waals surface area contributed by atoms with Crippen LogP contribution >= 0.6 is 0 Å². The highest BCUT2D eigenvalue weighted by molar-refractivity contribution is 7.96. The number of nitrogens with zero attached hydrogens (tertiary/aromatic N) is 3. The van der Waals surface area contributed by atoms with E-state index in [1.807, 2.05) is 36.9 Å². The van der Waals surface area contributed by atoms with Crippen LogP contribution in [0.25, 0.3) is 0 Å². The van der Waals surface area contributed by atoms with Crippen LogP contribution in [0.5, 0.6) is 0 Å². The van der Waals surface area contributed by atoms with Gasteiger partial charge in [0.2, 0.25) is 5.91 Å². The van der Waals surface area contributed by atoms with Crippen molar-refractivity contribution in [3.05, 3.63) is 99.9 Å². The van der Waals surface area contributed by atoms with E-state index < -0.39 is 15.9 Å². The first-order valence-corrected chi connectivity index (χ1v) is 17.1. The summed E-state index contributed by atoms with van der Waals surface area (Å²) in [6, 6.07) is 12.1. The van der Waals surface area contributed by atoms with E-state index >= 15 is 0 Å². The molecule has 0 saturated carbocycles. The molecular formula is C35H48N4O5S. The Bertz CT molecular complexity index is 1500. The minimum absolute atomic E-state index is 0.00536. The van der Waals surface area contributed by atoms with Gasteiger partial charge in [-0.15, -0.1) is 4.91 Å². The molecule has 45 heavy (non-hydrogen) atoms. The van der Waals surface area contributed by atoms with Crippen molar-refractivity contribution in [1.29, 1.82) is 0 Å². The molecule has 10 heteroatoms. The molecule has 0 bridgehead atoms. The van der Waals surface area contributed by atoms with Gasteiger partial charge in [0.05, 0.1) is 17.5 Å². The number of amides is 2. The van der Waals surface area contributed by atoms with E-state index in [4.69, 9.17) is 0 Å². The number of allylic oxidation sites excluding steroid dienone is 4. The van der Waals surface area contributed by atoms with Crippen molar-refractivity contribution in [2.75, 3.05) is 30.3 Å². The largest absolute Gasteiger partial charge is 0.354 e. The molecule has 0 saturated heterocycles. The van der Waals surface area contributed by atoms with Crippen molar-refractivity contribution in [1.82, 2.24) is 4.90 Å². The number of unbranched alkanes of at least 4 members (excludes halogenated alkanes) is 1. The third-order valence-corrected chi connectivity index (χ3v) is 9.29. The normalized spacial score (nSPS) is 16.8. The summed E-state index contributed by atoms with van der Waals surface area (Å²) in [6.45, 7) is 13.7. The molecule has 1 N–H and O–H groups in total. The second kappa shape index (κ2) is 17.4. The van der Waals surface area contributed by atoms with Crippen LogP contribution < -0.4 is 9.62 Å². The molecule has 2 amide bonds. The first kappa shape index (κ1) is 37.1. The lowest BCUT2D eigenvalue weighted by Crippen LogP contribution is -2.38. The molecule has 2 aromatic rings. The van der Waals surface area contributed by atoms with Crippen molar-refractivity contribution < 1.29 is 18.0 Å². The van der Waals surface area contributed by atoms with E-state index in [2.05, 4.69) is 30.3 Å². The Balaban J connectivity index is 0.00000345. The molecule has 0 aliphatic carbocycles. The summed E-state index contributed by atoms with van der Waals surface area (Å²) in [4.78, 5) is 40.1. The topological polar surface area (TPSA) is 116 Å². The second-order valence-electron chi connectivity index (χ2n) is 10.9. The Morgan fingerprint density at radius 1 is 1.11 bits per heavy atom. The Morgan fingerprint density at radius 2 is 1.78 bits per heavy atom. The molecule has 0 fully saturated rings. The van der Waals surface area contributed by atoms with E-state index in [1.54, 1.807) is 51.4 Å². The SMILES string of the molecule is C=C/C=C(\C=C/C)S(=O)(=O)Nc1ccc(C2C(C(CC)CCCC)c3ccc(C(=O)N=O)cc3N2CC(=O)N(C)C)cc1.CC. The van der Waals surface area contributed by atoms with Crippen molar-refractivity contribution in [2.45, 2.75) is 72.3 Å². The van der Waals surface area contributed by atoms with Crippen LogP contribution in [0.15, 0.2) is 83.4 Å². The number of anilines is 2. The molecule has 2 aromatic carbocycles. The van der Waals surface area contributed by atoms with E-state index in [-0.39, 0.29) is 40.8 Å². The van der Waals surface area contributed by atoms with Gasteiger partial charge >= 0.3 is 5.91 Å². The van der Waals surface area contributed by atoms with Gasteiger partial charge in [0.25, 0.3) is 10.0 Å². The molecule has 1 aliphatic heterocycles. The fraction of sp³-hybridized carbons (Fsp3) is 0.429. The zero-order chi connectivity index (χ0) is 33.7. The Kier molecular flexibility index (Phi) is 14.4. The van der Waals surface area contributed by atoms with E-state index in [9.17, 15) is 22.9 Å². The predicted molar refractivity (Wildman–Crippen MR) is 185 cm³/mol. The van der Waals surface area contributed by atoms with E-state index in [1.165, 1.54) is 23.1 Å². The summed E-state index contributed by atoms with van der Waals surface area (Å²) in [5, 5.41) is 2.61. The maximum Gasteiger partial charge on any atom is 0.316 e. The van der Waals surface area contributed by atoms with Crippen molar-refractivity contribution in [3.63, 3.8) is 0 Å². The lowest BCUT2D eigenvalue weighted by Gasteiger charge is -2.34. The van der Waals surface area contributed by atoms with Crippen LogP contribution in [0, 0.1) is 10.8 Å². The third kappa shape index (κ3) is 9.00. The second-order valence-corrected chi connectivity index (χ2v) is 12.6. The fourth-order valence-electron chi connectivity index (χ4n) is 5.72. The van der Waals surface area contributed by atoms with Crippen LogP contribution in [0.1, 0.15) is 93.7 Å². The number of sulfonamides is 1. The van der Waals surface area contributed by atoms with Gasteiger partial charge in [-0.2, -0.15) is 0 Å². The molecule has 1 heterocycles. The molecular weight excluding hydrogens is 588 g/mol. The lowest BCUT2D eigenvalue weighted by molar-refractivity contribution is -0.127. The monoisotopic (exact) mass is 636 g/mol. The Hall–Kier alpha value is -4.05. The van der Waals surface area contributed by atoms with Gasteiger partial charge in [0, 0.05) is 42.1 Å². The standard InChI is InChI=1S/C33H42N4O5S.C2H6/c1-7-11-14-23(10-4)31-28-20-17-25(33(39)34-40)21-29(28)37(22-30(38)36(5)6)32(31)24-15-18-26(19-16-24)35-43(41,42)27(12-8-2)13-9-3;1-2/h8-9,12-13,15-21,23,31-32,35H,2,7,10-11,14,22H2,1,3-6H3;1-2H3/b13-9-,27-12+;. The first-order chi connectivity index (χ1) is 21.5. The number of hydrogen-bond donors (Lipinski definition) is 1. The molecule has 3 unspecified atom stereocenters. The Labute approximate surface area is 269 Å². The van der Waals surface area contributed by atoms with Crippen molar-refractivity contribution in [3.8, 4) is 0 Å². The van der Waals surface area contributed by atoms with E-state index in [0.717, 1.165) is 42.5 Å². The Morgan fingerprint density at radius 3 is 2.31 bits per heavy atom. The van der Waals surface area contributed by atoms with Crippen LogP contribution in [0.2, 0.25) is 0 Å². The number of hydrogen-bond acceptors (Lipinski definition) is 6. The van der Waals surface area contributed by atoms with Crippen LogP contribution in [-0.4, -0.2) is 45.8 Å². The fourth-order valence-corrected chi connectivity index (χ4v) is 6.88. The number of nitroso groups, excluding NO2 is 1. The number of rotatable bonds is 14. The summed E-state index contributed by atoms with van der Waals surface area (Å²) in [5.41, 5.74) is 3.21. The minimum Gasteiger partial charge on any atom is -0.354 e. The zero-order valence-electron chi connectivity index (χ0n) is 27.6. The van der Waals surface area contributed by atoms with Gasteiger partial charge in [-0.1, -0.05) is 83.9 Å².